The summed E-state index contributed by atoms with van der Waals surface area (Å²) in [5.41, 5.74) is 0. The summed E-state index contributed by atoms with van der Waals surface area (Å²) in [6.45, 7) is 7.18. The van der Waals surface area contributed by atoms with Gasteiger partial charge in [0.05, 0.1) is 0 Å². The molecule has 90 valence electrons. The first kappa shape index (κ1) is 13.0. The first-order valence-corrected chi connectivity index (χ1v) is 7.09. The first-order valence-electron chi connectivity index (χ1n) is 7.09. The van der Waals surface area contributed by atoms with Gasteiger partial charge in [-0.1, -0.05) is 52.4 Å². The predicted molar refractivity (Wildman–Crippen MR) is 68.1 cm³/mol. The van der Waals surface area contributed by atoms with E-state index in [1.54, 1.807) is 0 Å². The summed E-state index contributed by atoms with van der Waals surface area (Å²) in [6.07, 6.45) is 11.4. The number of hydrogen-bond acceptors (Lipinski definition) is 1. The zero-order valence-corrected chi connectivity index (χ0v) is 10.7. The Bertz CT molecular complexity index is 138. The molecule has 1 N–H and O–H groups in total. The maximum Gasteiger partial charge on any atom is -0.00179 e. The quantitative estimate of drug-likeness (QED) is 0.628. The van der Waals surface area contributed by atoms with E-state index in [4.69, 9.17) is 0 Å². The molecule has 1 fully saturated rings. The lowest BCUT2D eigenvalue weighted by atomic mass is 9.80. The normalized spacial score (nSPS) is 24.0. The lowest BCUT2D eigenvalue weighted by Gasteiger charge is -2.30. The Morgan fingerprint density at radius 3 is 2.60 bits per heavy atom. The van der Waals surface area contributed by atoms with Gasteiger partial charge in [0.25, 0.3) is 0 Å². The van der Waals surface area contributed by atoms with Crippen LogP contribution in [0.1, 0.15) is 65.2 Å². The molecule has 1 saturated heterocycles. The zero-order valence-electron chi connectivity index (χ0n) is 10.7. The summed E-state index contributed by atoms with van der Waals surface area (Å²) in [5, 5.41) is 3.56. The summed E-state index contributed by atoms with van der Waals surface area (Å²) >= 11 is 0. The minimum atomic E-state index is 0.982. The van der Waals surface area contributed by atoms with Gasteiger partial charge in [-0.2, -0.15) is 0 Å². The van der Waals surface area contributed by atoms with Crippen LogP contribution in [0.2, 0.25) is 0 Å². The highest BCUT2D eigenvalue weighted by Crippen LogP contribution is 2.28. The molecule has 0 saturated carbocycles. The average molecular weight is 211 g/mol. The van der Waals surface area contributed by atoms with Gasteiger partial charge in [0.2, 0.25) is 0 Å². The molecule has 2 atom stereocenters. The third-order valence-electron chi connectivity index (χ3n) is 3.84. The van der Waals surface area contributed by atoms with Crippen molar-refractivity contribution in [1.29, 1.82) is 0 Å². The Balaban J connectivity index is 2.26. The summed E-state index contributed by atoms with van der Waals surface area (Å²) in [4.78, 5) is 0. The predicted octanol–water partition coefficient (Wildman–Crippen LogP) is 3.98. The Labute approximate surface area is 96.0 Å². The third kappa shape index (κ3) is 5.01. The first-order chi connectivity index (χ1) is 7.38. The van der Waals surface area contributed by atoms with Crippen molar-refractivity contribution in [2.75, 3.05) is 13.1 Å². The molecule has 1 rings (SSSR count). The number of hydrogen-bond donors (Lipinski definition) is 1. The Kier molecular flexibility index (Phi) is 7.08. The highest BCUT2D eigenvalue weighted by molar-refractivity contribution is 4.76. The van der Waals surface area contributed by atoms with Crippen LogP contribution in [0.25, 0.3) is 0 Å². The Hall–Kier alpha value is -0.0400. The van der Waals surface area contributed by atoms with Crippen molar-refractivity contribution in [3.63, 3.8) is 0 Å². The minimum absolute atomic E-state index is 0.982. The summed E-state index contributed by atoms with van der Waals surface area (Å²) < 4.78 is 0. The number of piperidine rings is 1. The van der Waals surface area contributed by atoms with Crippen molar-refractivity contribution < 1.29 is 0 Å². The lowest BCUT2D eigenvalue weighted by molar-refractivity contribution is 0.232. The molecule has 0 amide bonds. The van der Waals surface area contributed by atoms with Crippen molar-refractivity contribution in [3.8, 4) is 0 Å². The van der Waals surface area contributed by atoms with Gasteiger partial charge in [-0.05, 0) is 37.8 Å². The van der Waals surface area contributed by atoms with Gasteiger partial charge < -0.3 is 5.32 Å². The highest BCUT2D eigenvalue weighted by Gasteiger charge is 2.22. The van der Waals surface area contributed by atoms with Crippen molar-refractivity contribution in [3.05, 3.63) is 0 Å². The van der Waals surface area contributed by atoms with Gasteiger partial charge in [-0.15, -0.1) is 0 Å². The standard InChI is InChI=1S/C14H29N/c1-3-5-6-9-13(8-4-2)14-10-7-11-15-12-14/h13-15H,3-12H2,1-2H3/t13?,14-/m0/s1. The molecule has 1 unspecified atom stereocenters. The van der Waals surface area contributed by atoms with Crippen LogP contribution in [0.3, 0.4) is 0 Å². The fourth-order valence-corrected chi connectivity index (χ4v) is 2.92. The van der Waals surface area contributed by atoms with Crippen molar-refractivity contribution >= 4 is 0 Å². The molecule has 1 aliphatic heterocycles. The Morgan fingerprint density at radius 2 is 2.00 bits per heavy atom. The van der Waals surface area contributed by atoms with E-state index in [0.29, 0.717) is 0 Å². The number of unbranched alkanes of at least 4 members (excludes halogenated alkanes) is 2. The topological polar surface area (TPSA) is 12.0 Å². The van der Waals surface area contributed by atoms with E-state index in [-0.39, 0.29) is 0 Å². The van der Waals surface area contributed by atoms with Gasteiger partial charge in [0, 0.05) is 0 Å². The molecule has 0 aliphatic carbocycles. The van der Waals surface area contributed by atoms with Gasteiger partial charge in [-0.3, -0.25) is 0 Å². The SMILES string of the molecule is CCCCCC(CCC)[C@H]1CCCNC1. The second-order valence-electron chi connectivity index (χ2n) is 5.15. The fourth-order valence-electron chi connectivity index (χ4n) is 2.92. The smallest absolute Gasteiger partial charge is 0.00179 e. The monoisotopic (exact) mass is 211 g/mol. The van der Waals surface area contributed by atoms with E-state index in [0.717, 1.165) is 11.8 Å². The molecule has 0 radical (unpaired) electrons. The van der Waals surface area contributed by atoms with E-state index in [1.165, 1.54) is 64.5 Å². The highest BCUT2D eigenvalue weighted by atomic mass is 14.9. The molecule has 0 bridgehead atoms. The summed E-state index contributed by atoms with van der Waals surface area (Å²) in [5.74, 6) is 1.99. The van der Waals surface area contributed by atoms with E-state index in [9.17, 15) is 0 Å². The maximum absolute atomic E-state index is 3.56. The van der Waals surface area contributed by atoms with Gasteiger partial charge >= 0.3 is 0 Å². The molecule has 1 heterocycles. The third-order valence-corrected chi connectivity index (χ3v) is 3.84. The fraction of sp³-hybridized carbons (Fsp3) is 1.00. The molecule has 1 heteroatoms. The molecular formula is C14H29N. The van der Waals surface area contributed by atoms with E-state index in [2.05, 4.69) is 19.2 Å². The van der Waals surface area contributed by atoms with Crippen LogP contribution in [0.5, 0.6) is 0 Å². The zero-order chi connectivity index (χ0) is 10.9. The molecule has 0 spiro atoms. The minimum Gasteiger partial charge on any atom is -0.316 e. The lowest BCUT2D eigenvalue weighted by Crippen LogP contribution is -2.34. The largest absolute Gasteiger partial charge is 0.316 e. The van der Waals surface area contributed by atoms with E-state index >= 15 is 0 Å². The molecule has 1 nitrogen and oxygen atoms in total. The molecule has 1 aliphatic rings. The second kappa shape index (κ2) is 8.15. The summed E-state index contributed by atoms with van der Waals surface area (Å²) in [7, 11) is 0. The number of rotatable bonds is 7. The van der Waals surface area contributed by atoms with Crippen LogP contribution in [0.15, 0.2) is 0 Å². The van der Waals surface area contributed by atoms with Gasteiger partial charge in [0.1, 0.15) is 0 Å². The molecule has 0 aromatic rings. The van der Waals surface area contributed by atoms with Crippen LogP contribution in [-0.2, 0) is 0 Å². The summed E-state index contributed by atoms with van der Waals surface area (Å²) in [6, 6.07) is 0. The van der Waals surface area contributed by atoms with E-state index in [1.807, 2.05) is 0 Å². The van der Waals surface area contributed by atoms with Crippen LogP contribution in [0.4, 0.5) is 0 Å². The molecule has 0 aromatic carbocycles. The van der Waals surface area contributed by atoms with Crippen molar-refractivity contribution in [1.82, 2.24) is 5.32 Å². The van der Waals surface area contributed by atoms with Crippen molar-refractivity contribution in [2.24, 2.45) is 11.8 Å². The van der Waals surface area contributed by atoms with Gasteiger partial charge in [0.15, 0.2) is 0 Å². The van der Waals surface area contributed by atoms with Crippen LogP contribution in [-0.4, -0.2) is 13.1 Å². The average Bonchev–Trinajstić information content (AvgIpc) is 2.29. The van der Waals surface area contributed by atoms with Gasteiger partial charge in [-0.25, -0.2) is 0 Å². The molecule has 0 aromatic heterocycles. The molecular weight excluding hydrogens is 182 g/mol. The van der Waals surface area contributed by atoms with Crippen LogP contribution >= 0.6 is 0 Å². The van der Waals surface area contributed by atoms with E-state index < -0.39 is 0 Å². The van der Waals surface area contributed by atoms with Crippen LogP contribution < -0.4 is 5.32 Å². The second-order valence-corrected chi connectivity index (χ2v) is 5.15. The maximum atomic E-state index is 3.56. The van der Waals surface area contributed by atoms with Crippen LogP contribution in [0, 0.1) is 11.8 Å². The number of nitrogens with one attached hydrogen (secondary N) is 1. The van der Waals surface area contributed by atoms with Crippen molar-refractivity contribution in [2.45, 2.75) is 65.2 Å². The Morgan fingerprint density at radius 1 is 1.13 bits per heavy atom. The molecule has 15 heavy (non-hydrogen) atoms.